The van der Waals surface area contributed by atoms with Crippen molar-refractivity contribution in [2.75, 3.05) is 5.88 Å². The maximum Gasteiger partial charge on any atom is 0.228 e. The molecule has 0 amide bonds. The van der Waals surface area contributed by atoms with E-state index in [4.69, 9.17) is 16.1 Å². The number of hydrogen-bond acceptors (Lipinski definition) is 3. The molecule has 90 valence electrons. The number of alkyl halides is 1. The van der Waals surface area contributed by atoms with Gasteiger partial charge in [0.05, 0.1) is 4.47 Å². The maximum atomic E-state index is 13.3. The highest BCUT2D eigenvalue weighted by atomic mass is 79.9. The van der Waals surface area contributed by atoms with E-state index in [0.717, 1.165) is 6.07 Å². The lowest BCUT2D eigenvalue weighted by Crippen LogP contribution is -1.91. The second-order valence-electron chi connectivity index (χ2n) is 3.17. The molecule has 0 atom stereocenters. The summed E-state index contributed by atoms with van der Waals surface area (Å²) >= 11 is 8.48. The normalized spacial score (nSPS) is 10.8. The highest BCUT2D eigenvalue weighted by Gasteiger charge is 2.16. The van der Waals surface area contributed by atoms with E-state index < -0.39 is 11.6 Å². The molecule has 0 aliphatic heterocycles. The summed E-state index contributed by atoms with van der Waals surface area (Å²) in [5.41, 5.74) is 0.327. The molecule has 0 bridgehead atoms. The van der Waals surface area contributed by atoms with Crippen LogP contribution in [0.4, 0.5) is 8.78 Å². The Morgan fingerprint density at radius 1 is 1.35 bits per heavy atom. The summed E-state index contributed by atoms with van der Waals surface area (Å²) in [4.78, 5) is 4.02. The summed E-state index contributed by atoms with van der Waals surface area (Å²) in [5, 5.41) is 3.67. The van der Waals surface area contributed by atoms with Crippen molar-refractivity contribution in [2.45, 2.75) is 6.42 Å². The smallest absolute Gasteiger partial charge is 0.228 e. The van der Waals surface area contributed by atoms with Crippen LogP contribution in [0.3, 0.4) is 0 Å². The van der Waals surface area contributed by atoms with Crippen LogP contribution in [0.15, 0.2) is 21.1 Å². The fourth-order valence-electron chi connectivity index (χ4n) is 1.25. The zero-order chi connectivity index (χ0) is 12.4. The van der Waals surface area contributed by atoms with Gasteiger partial charge in [-0.2, -0.15) is 4.98 Å². The second kappa shape index (κ2) is 5.10. The fraction of sp³-hybridized carbons (Fsp3) is 0.200. The van der Waals surface area contributed by atoms with Crippen LogP contribution in [-0.4, -0.2) is 16.0 Å². The molecule has 1 aromatic heterocycles. The van der Waals surface area contributed by atoms with E-state index in [1.165, 1.54) is 6.07 Å². The van der Waals surface area contributed by atoms with Gasteiger partial charge >= 0.3 is 0 Å². The van der Waals surface area contributed by atoms with Gasteiger partial charge in [-0.1, -0.05) is 5.16 Å². The summed E-state index contributed by atoms with van der Waals surface area (Å²) in [7, 11) is 0. The first-order valence-corrected chi connectivity index (χ1v) is 5.98. The van der Waals surface area contributed by atoms with E-state index in [2.05, 4.69) is 26.1 Å². The zero-order valence-electron chi connectivity index (χ0n) is 8.38. The summed E-state index contributed by atoms with van der Waals surface area (Å²) in [6, 6.07) is 2.38. The first-order chi connectivity index (χ1) is 8.13. The Morgan fingerprint density at radius 3 is 2.82 bits per heavy atom. The molecule has 2 aromatic rings. The predicted octanol–water partition coefficient (Wildman–Crippen LogP) is 3.56. The first kappa shape index (κ1) is 12.4. The highest BCUT2D eigenvalue weighted by Crippen LogP contribution is 2.29. The largest absolute Gasteiger partial charge is 0.339 e. The van der Waals surface area contributed by atoms with Crippen molar-refractivity contribution >= 4 is 27.5 Å². The van der Waals surface area contributed by atoms with E-state index in [1.54, 1.807) is 0 Å². The number of benzene rings is 1. The van der Waals surface area contributed by atoms with Crippen molar-refractivity contribution in [3.05, 3.63) is 34.1 Å². The van der Waals surface area contributed by atoms with Gasteiger partial charge in [-0.25, -0.2) is 8.78 Å². The Labute approximate surface area is 109 Å². The topological polar surface area (TPSA) is 38.9 Å². The molecule has 0 radical (unpaired) electrons. The van der Waals surface area contributed by atoms with Gasteiger partial charge in [0.15, 0.2) is 11.6 Å². The molecular weight excluding hydrogens is 317 g/mol. The zero-order valence-corrected chi connectivity index (χ0v) is 10.7. The molecule has 17 heavy (non-hydrogen) atoms. The van der Waals surface area contributed by atoms with E-state index in [1.807, 2.05) is 0 Å². The van der Waals surface area contributed by atoms with Gasteiger partial charge in [0, 0.05) is 17.9 Å². The molecule has 0 unspecified atom stereocenters. The predicted molar refractivity (Wildman–Crippen MR) is 61.8 cm³/mol. The number of hydrogen-bond donors (Lipinski definition) is 0. The average Bonchev–Trinajstić information content (AvgIpc) is 2.75. The fourth-order valence-corrected chi connectivity index (χ4v) is 1.91. The minimum Gasteiger partial charge on any atom is -0.339 e. The Morgan fingerprint density at radius 2 is 2.12 bits per heavy atom. The molecule has 1 aromatic carbocycles. The minimum atomic E-state index is -0.980. The molecule has 0 spiro atoms. The third-order valence-corrected chi connectivity index (χ3v) is 3.02. The summed E-state index contributed by atoms with van der Waals surface area (Å²) in [6.45, 7) is 0. The van der Waals surface area contributed by atoms with Crippen molar-refractivity contribution in [3.63, 3.8) is 0 Å². The van der Waals surface area contributed by atoms with Crippen LogP contribution >= 0.6 is 27.5 Å². The Balaban J connectivity index is 2.42. The summed E-state index contributed by atoms with van der Waals surface area (Å²) in [5.74, 6) is -1.03. The maximum absolute atomic E-state index is 13.3. The van der Waals surface area contributed by atoms with Crippen molar-refractivity contribution in [1.29, 1.82) is 0 Å². The molecule has 0 fully saturated rings. The lowest BCUT2D eigenvalue weighted by molar-refractivity contribution is 0.383. The number of aromatic nitrogens is 2. The third-order valence-electron chi connectivity index (χ3n) is 2.05. The Hall–Kier alpha value is -1.01. The molecule has 2 rings (SSSR count). The highest BCUT2D eigenvalue weighted by molar-refractivity contribution is 9.10. The number of aryl methyl sites for hydroxylation is 1. The molecule has 1 heterocycles. The van der Waals surface area contributed by atoms with E-state index in [-0.39, 0.29) is 10.3 Å². The van der Waals surface area contributed by atoms with Gasteiger partial charge in [-0.15, -0.1) is 11.6 Å². The van der Waals surface area contributed by atoms with Crippen LogP contribution in [-0.2, 0) is 6.42 Å². The minimum absolute atomic E-state index is 0.0317. The molecule has 0 saturated carbocycles. The van der Waals surface area contributed by atoms with E-state index >= 15 is 0 Å². The summed E-state index contributed by atoms with van der Waals surface area (Å²) in [6.07, 6.45) is 0.426. The van der Waals surface area contributed by atoms with E-state index in [9.17, 15) is 8.78 Å². The van der Waals surface area contributed by atoms with Crippen LogP contribution in [0.2, 0.25) is 0 Å². The van der Waals surface area contributed by atoms with Crippen molar-refractivity contribution < 1.29 is 13.3 Å². The molecule has 0 saturated heterocycles. The van der Waals surface area contributed by atoms with Crippen LogP contribution in [0, 0.1) is 11.6 Å². The number of halogens is 4. The number of nitrogens with zero attached hydrogens (tertiary/aromatic N) is 2. The second-order valence-corrected chi connectivity index (χ2v) is 4.34. The van der Waals surface area contributed by atoms with Gasteiger partial charge in [0.25, 0.3) is 0 Å². The third kappa shape index (κ3) is 2.47. The molecular formula is C10H6BrClF2N2O. The van der Waals surface area contributed by atoms with Crippen molar-refractivity contribution in [3.8, 4) is 11.4 Å². The first-order valence-electron chi connectivity index (χ1n) is 4.66. The average molecular weight is 324 g/mol. The van der Waals surface area contributed by atoms with Crippen molar-refractivity contribution in [2.24, 2.45) is 0 Å². The molecule has 0 aliphatic rings. The van der Waals surface area contributed by atoms with E-state index in [0.29, 0.717) is 23.8 Å². The van der Waals surface area contributed by atoms with Gasteiger partial charge in [-0.05, 0) is 28.1 Å². The molecule has 0 aliphatic carbocycles. The Bertz CT molecular complexity index is 547. The van der Waals surface area contributed by atoms with Gasteiger partial charge in [0.1, 0.15) is 0 Å². The monoisotopic (exact) mass is 322 g/mol. The number of rotatable bonds is 3. The van der Waals surface area contributed by atoms with Gasteiger partial charge < -0.3 is 4.52 Å². The lowest BCUT2D eigenvalue weighted by atomic mass is 10.2. The van der Waals surface area contributed by atoms with Crippen LogP contribution < -0.4 is 0 Å². The quantitative estimate of drug-likeness (QED) is 0.640. The molecule has 7 heteroatoms. The Kier molecular flexibility index (Phi) is 3.73. The summed E-state index contributed by atoms with van der Waals surface area (Å²) < 4.78 is 31.1. The molecule has 0 N–H and O–H groups in total. The molecule has 3 nitrogen and oxygen atoms in total. The van der Waals surface area contributed by atoms with Gasteiger partial charge in [-0.3, -0.25) is 0 Å². The van der Waals surface area contributed by atoms with Crippen molar-refractivity contribution in [1.82, 2.24) is 10.1 Å². The SMILES string of the molecule is Fc1ccc(-c2noc(CCCl)n2)c(Br)c1F. The standard InChI is InChI=1S/C10H6BrClF2N2O/c11-8-5(1-2-6(13)9(8)14)10-15-7(3-4-12)17-16-10/h1-2H,3-4H2. The van der Waals surface area contributed by atoms with Crippen LogP contribution in [0.25, 0.3) is 11.4 Å². The lowest BCUT2D eigenvalue weighted by Gasteiger charge is -2.00. The van der Waals surface area contributed by atoms with Crippen LogP contribution in [0.5, 0.6) is 0 Å². The van der Waals surface area contributed by atoms with Gasteiger partial charge in [0.2, 0.25) is 11.7 Å². The van der Waals surface area contributed by atoms with Crippen LogP contribution in [0.1, 0.15) is 5.89 Å².